The second-order valence-electron chi connectivity index (χ2n) is 9.62. The van der Waals surface area contributed by atoms with E-state index >= 15 is 0 Å². The number of hydrogen-bond donors (Lipinski definition) is 5. The van der Waals surface area contributed by atoms with Crippen LogP contribution in [0.15, 0.2) is 54.6 Å². The molecular formula is C28H40N6O4. The molecule has 8 N–H and O–H groups in total. The van der Waals surface area contributed by atoms with Crippen molar-refractivity contribution in [2.24, 2.45) is 23.1 Å². The van der Waals surface area contributed by atoms with Gasteiger partial charge in [-0.1, -0.05) is 30.3 Å². The predicted octanol–water partition coefficient (Wildman–Crippen LogP) is 0.995. The molecule has 3 amide bonds. The zero-order valence-corrected chi connectivity index (χ0v) is 21.8. The molecule has 10 nitrogen and oxygen atoms in total. The first kappa shape index (κ1) is 29.1. The van der Waals surface area contributed by atoms with Gasteiger partial charge in [-0.05, 0) is 61.4 Å². The lowest BCUT2D eigenvalue weighted by Crippen LogP contribution is -2.52. The van der Waals surface area contributed by atoms with Gasteiger partial charge in [0.1, 0.15) is 11.8 Å². The van der Waals surface area contributed by atoms with Gasteiger partial charge in [0.15, 0.2) is 0 Å². The number of nitrogens with one attached hydrogen (secondary N) is 2. The monoisotopic (exact) mass is 524 g/mol. The smallest absolute Gasteiger partial charge is 0.246 e. The highest BCUT2D eigenvalue weighted by atomic mass is 16.5. The molecule has 2 atom stereocenters. The Morgan fingerprint density at radius 3 is 2.21 bits per heavy atom. The third-order valence-electron chi connectivity index (χ3n) is 6.38. The number of carbonyl (C=O) groups is 3. The van der Waals surface area contributed by atoms with E-state index in [1.807, 2.05) is 42.5 Å². The van der Waals surface area contributed by atoms with Crippen molar-refractivity contribution < 1.29 is 19.1 Å². The van der Waals surface area contributed by atoms with Gasteiger partial charge in [-0.3, -0.25) is 14.4 Å². The summed E-state index contributed by atoms with van der Waals surface area (Å²) in [6.07, 6.45) is 3.14. The van der Waals surface area contributed by atoms with E-state index < -0.39 is 18.0 Å². The van der Waals surface area contributed by atoms with Crippen molar-refractivity contribution in [3.8, 4) is 5.75 Å². The highest BCUT2D eigenvalue weighted by molar-refractivity contribution is 5.98. The largest absolute Gasteiger partial charge is 0.493 e. The average molecular weight is 525 g/mol. The summed E-state index contributed by atoms with van der Waals surface area (Å²) in [5.74, 6) is 0.146. The first-order chi connectivity index (χ1) is 18.4. The van der Waals surface area contributed by atoms with Crippen LogP contribution in [0.25, 0.3) is 0 Å². The molecule has 0 saturated heterocycles. The van der Waals surface area contributed by atoms with Gasteiger partial charge >= 0.3 is 0 Å². The molecule has 2 unspecified atom stereocenters. The first-order valence-corrected chi connectivity index (χ1v) is 13.2. The fourth-order valence-electron chi connectivity index (χ4n) is 3.95. The Bertz CT molecular complexity index is 1020. The van der Waals surface area contributed by atoms with E-state index in [2.05, 4.69) is 10.6 Å². The normalized spacial score (nSPS) is 14.3. The van der Waals surface area contributed by atoms with Crippen LogP contribution in [0, 0.1) is 5.92 Å². The molecule has 38 heavy (non-hydrogen) atoms. The lowest BCUT2D eigenvalue weighted by molar-refractivity contribution is -0.134. The molecule has 1 aliphatic rings. The maximum atomic E-state index is 13.2. The van der Waals surface area contributed by atoms with Crippen LogP contribution in [-0.4, -0.2) is 67.5 Å². The van der Waals surface area contributed by atoms with Gasteiger partial charge in [0, 0.05) is 31.9 Å². The molecule has 1 fully saturated rings. The molecule has 206 valence electrons. The van der Waals surface area contributed by atoms with Crippen LogP contribution >= 0.6 is 0 Å². The van der Waals surface area contributed by atoms with E-state index in [1.165, 1.54) is 17.7 Å². The van der Waals surface area contributed by atoms with Crippen molar-refractivity contribution in [3.05, 3.63) is 60.2 Å². The van der Waals surface area contributed by atoms with E-state index in [1.54, 1.807) is 12.1 Å². The van der Waals surface area contributed by atoms with Crippen LogP contribution < -0.4 is 32.6 Å². The zero-order chi connectivity index (χ0) is 27.3. The van der Waals surface area contributed by atoms with E-state index in [9.17, 15) is 14.4 Å². The number of nitrogens with two attached hydrogens (primary N) is 3. The van der Waals surface area contributed by atoms with Crippen molar-refractivity contribution in [1.29, 1.82) is 0 Å². The van der Waals surface area contributed by atoms with Gasteiger partial charge in [0.05, 0.1) is 19.1 Å². The number of amides is 3. The van der Waals surface area contributed by atoms with Gasteiger partial charge in [-0.15, -0.1) is 0 Å². The summed E-state index contributed by atoms with van der Waals surface area (Å²) in [6, 6.07) is 14.9. The quantitative estimate of drug-likeness (QED) is 0.218. The van der Waals surface area contributed by atoms with Gasteiger partial charge in [0.2, 0.25) is 17.7 Å². The SMILES string of the molecule is NCCN(CCN)C(=O)CC(N)C(=O)NC(CCc1ccccc1)C(=O)Nc1ccc(OCC2CC2)cc1. The number of nitrogens with zero attached hydrogens (tertiary/aromatic N) is 1. The minimum absolute atomic E-state index is 0.207. The number of hydrogen-bond acceptors (Lipinski definition) is 7. The average Bonchev–Trinajstić information content (AvgIpc) is 3.75. The Labute approximate surface area is 224 Å². The van der Waals surface area contributed by atoms with Gasteiger partial charge < -0.3 is 37.5 Å². The third-order valence-corrected chi connectivity index (χ3v) is 6.38. The lowest BCUT2D eigenvalue weighted by atomic mass is 10.0. The number of benzene rings is 2. The summed E-state index contributed by atoms with van der Waals surface area (Å²) < 4.78 is 5.75. The topological polar surface area (TPSA) is 166 Å². The van der Waals surface area contributed by atoms with E-state index in [4.69, 9.17) is 21.9 Å². The summed E-state index contributed by atoms with van der Waals surface area (Å²) >= 11 is 0. The molecule has 3 rings (SSSR count). The molecule has 0 bridgehead atoms. The standard InChI is InChI=1S/C28H40N6O4/c29-14-16-34(17-15-30)26(35)18-24(31)27(36)33-25(13-8-20-4-2-1-3-5-20)28(37)32-22-9-11-23(12-10-22)38-19-21-6-7-21/h1-5,9-12,21,24-25H,6-8,13-19,29-31H2,(H,32,37)(H,33,36). The minimum Gasteiger partial charge on any atom is -0.493 e. The second-order valence-corrected chi connectivity index (χ2v) is 9.62. The molecule has 0 aliphatic heterocycles. The van der Waals surface area contributed by atoms with E-state index in [0.717, 1.165) is 11.3 Å². The molecular weight excluding hydrogens is 484 g/mol. The van der Waals surface area contributed by atoms with Crippen molar-refractivity contribution in [2.45, 2.75) is 44.2 Å². The molecule has 0 spiro atoms. The Morgan fingerprint density at radius 2 is 1.61 bits per heavy atom. The fraction of sp³-hybridized carbons (Fsp3) is 0.464. The van der Waals surface area contributed by atoms with Crippen LogP contribution in [0.4, 0.5) is 5.69 Å². The van der Waals surface area contributed by atoms with Crippen molar-refractivity contribution in [2.75, 3.05) is 38.1 Å². The Morgan fingerprint density at radius 1 is 0.947 bits per heavy atom. The summed E-state index contributed by atoms with van der Waals surface area (Å²) in [5.41, 5.74) is 18.8. The zero-order valence-electron chi connectivity index (χ0n) is 21.8. The van der Waals surface area contributed by atoms with Crippen LogP contribution in [0.5, 0.6) is 5.75 Å². The summed E-state index contributed by atoms with van der Waals surface area (Å²) in [7, 11) is 0. The van der Waals surface area contributed by atoms with Crippen molar-refractivity contribution in [3.63, 3.8) is 0 Å². The molecule has 0 radical (unpaired) electrons. The van der Waals surface area contributed by atoms with Gasteiger partial charge in [-0.25, -0.2) is 0 Å². The molecule has 1 saturated carbocycles. The molecule has 1 aliphatic carbocycles. The number of rotatable bonds is 16. The molecule has 10 heteroatoms. The molecule has 0 heterocycles. The van der Waals surface area contributed by atoms with Crippen LogP contribution in [-0.2, 0) is 20.8 Å². The van der Waals surface area contributed by atoms with Crippen LogP contribution in [0.3, 0.4) is 0 Å². The first-order valence-electron chi connectivity index (χ1n) is 13.2. The van der Waals surface area contributed by atoms with Crippen LogP contribution in [0.2, 0.25) is 0 Å². The number of carbonyl (C=O) groups excluding carboxylic acids is 3. The lowest BCUT2D eigenvalue weighted by Gasteiger charge is -2.24. The molecule has 2 aromatic carbocycles. The van der Waals surface area contributed by atoms with Crippen molar-refractivity contribution in [1.82, 2.24) is 10.2 Å². The van der Waals surface area contributed by atoms with Gasteiger partial charge in [0.25, 0.3) is 0 Å². The van der Waals surface area contributed by atoms with E-state index in [0.29, 0.717) is 44.1 Å². The molecule has 0 aromatic heterocycles. The maximum absolute atomic E-state index is 13.2. The van der Waals surface area contributed by atoms with E-state index in [-0.39, 0.29) is 31.3 Å². The minimum atomic E-state index is -1.12. The number of aryl methyl sites for hydroxylation is 1. The van der Waals surface area contributed by atoms with Crippen LogP contribution in [0.1, 0.15) is 31.2 Å². The summed E-state index contributed by atoms with van der Waals surface area (Å²) in [4.78, 5) is 40.2. The fourth-order valence-corrected chi connectivity index (χ4v) is 3.95. The number of ether oxygens (including phenoxy) is 1. The third kappa shape index (κ3) is 9.77. The Balaban J connectivity index is 1.61. The second kappa shape index (κ2) is 15.1. The number of anilines is 1. The maximum Gasteiger partial charge on any atom is 0.246 e. The van der Waals surface area contributed by atoms with Crippen molar-refractivity contribution >= 4 is 23.4 Å². The Kier molecular flexibility index (Phi) is 11.5. The molecule has 2 aromatic rings. The highest BCUT2D eigenvalue weighted by Crippen LogP contribution is 2.29. The summed E-state index contributed by atoms with van der Waals surface area (Å²) in [5, 5.41) is 5.61. The predicted molar refractivity (Wildman–Crippen MR) is 147 cm³/mol. The summed E-state index contributed by atoms with van der Waals surface area (Å²) in [6.45, 7) is 1.93. The highest BCUT2D eigenvalue weighted by Gasteiger charge is 2.27. The van der Waals surface area contributed by atoms with Gasteiger partial charge in [-0.2, -0.15) is 0 Å². The Hall–Kier alpha value is -3.47.